The lowest BCUT2D eigenvalue weighted by atomic mass is 10.1. The summed E-state index contributed by atoms with van der Waals surface area (Å²) < 4.78 is 40.5. The van der Waals surface area contributed by atoms with E-state index in [4.69, 9.17) is 0 Å². The average Bonchev–Trinajstić information content (AvgIpc) is 2.39. The van der Waals surface area contributed by atoms with Gasteiger partial charge < -0.3 is 5.32 Å². The summed E-state index contributed by atoms with van der Waals surface area (Å²) in [6.07, 6.45) is 0. The van der Waals surface area contributed by atoms with Gasteiger partial charge in [-0.05, 0) is 12.1 Å². The number of anilines is 1. The van der Waals surface area contributed by atoms with Crippen LogP contribution in [0.4, 0.5) is 24.5 Å². The molecule has 20 heavy (non-hydrogen) atoms. The van der Waals surface area contributed by atoms with Crippen molar-refractivity contribution in [1.82, 2.24) is 0 Å². The van der Waals surface area contributed by atoms with Gasteiger partial charge in [0.15, 0.2) is 0 Å². The first-order valence-corrected chi connectivity index (χ1v) is 5.60. The van der Waals surface area contributed by atoms with Crippen LogP contribution in [0.5, 0.6) is 0 Å². The average molecular weight is 282 g/mol. The van der Waals surface area contributed by atoms with Gasteiger partial charge in [-0.15, -0.1) is 0 Å². The third kappa shape index (κ3) is 2.71. The second-order valence-electron chi connectivity index (χ2n) is 3.96. The predicted octanol–water partition coefficient (Wildman–Crippen LogP) is 3.62. The third-order valence-corrected chi connectivity index (χ3v) is 2.67. The van der Waals surface area contributed by atoms with Gasteiger partial charge in [-0.2, -0.15) is 4.39 Å². The molecule has 0 fully saturated rings. The Morgan fingerprint density at radius 3 is 2.25 bits per heavy atom. The summed E-state index contributed by atoms with van der Waals surface area (Å²) in [7, 11) is 0. The maximum Gasteiger partial charge on any atom is 0.305 e. The zero-order chi connectivity index (χ0) is 14.7. The Morgan fingerprint density at radius 1 is 1.05 bits per heavy atom. The summed E-state index contributed by atoms with van der Waals surface area (Å²) in [4.78, 5) is 9.72. The van der Waals surface area contributed by atoms with Crippen molar-refractivity contribution in [1.29, 1.82) is 0 Å². The van der Waals surface area contributed by atoms with Gasteiger partial charge in [0.25, 0.3) is 0 Å². The van der Waals surface area contributed by atoms with Crippen LogP contribution in [0.3, 0.4) is 0 Å². The highest BCUT2D eigenvalue weighted by molar-refractivity contribution is 5.47. The number of hydrogen-bond donors (Lipinski definition) is 1. The lowest BCUT2D eigenvalue weighted by molar-refractivity contribution is -0.387. The Labute approximate surface area is 112 Å². The largest absolute Gasteiger partial charge is 0.376 e. The summed E-state index contributed by atoms with van der Waals surface area (Å²) >= 11 is 0. The quantitative estimate of drug-likeness (QED) is 0.688. The Hall–Kier alpha value is -2.57. The lowest BCUT2D eigenvalue weighted by Crippen LogP contribution is -2.06. The number of nitrogens with one attached hydrogen (secondary N) is 1. The van der Waals surface area contributed by atoms with Crippen molar-refractivity contribution in [2.75, 3.05) is 5.32 Å². The summed E-state index contributed by atoms with van der Waals surface area (Å²) in [5, 5.41) is 13.0. The molecule has 7 heteroatoms. The molecule has 0 atom stereocenters. The number of nitrogens with zero attached hydrogens (tertiary/aromatic N) is 1. The molecular weight excluding hydrogens is 273 g/mol. The van der Waals surface area contributed by atoms with Gasteiger partial charge in [0, 0.05) is 18.2 Å². The maximum absolute atomic E-state index is 13.8. The highest BCUT2D eigenvalue weighted by atomic mass is 19.1. The van der Waals surface area contributed by atoms with Crippen molar-refractivity contribution >= 4 is 11.4 Å². The van der Waals surface area contributed by atoms with Gasteiger partial charge in [-0.25, -0.2) is 8.78 Å². The second-order valence-corrected chi connectivity index (χ2v) is 3.96. The normalized spacial score (nSPS) is 10.3. The first-order chi connectivity index (χ1) is 9.50. The molecule has 0 radical (unpaired) electrons. The van der Waals surface area contributed by atoms with Crippen LogP contribution in [-0.4, -0.2) is 4.92 Å². The highest BCUT2D eigenvalue weighted by Gasteiger charge is 2.17. The van der Waals surface area contributed by atoms with E-state index in [1.54, 1.807) is 0 Å². The lowest BCUT2D eigenvalue weighted by Gasteiger charge is -2.09. The van der Waals surface area contributed by atoms with E-state index in [2.05, 4.69) is 5.32 Å². The van der Waals surface area contributed by atoms with E-state index in [0.29, 0.717) is 0 Å². The molecule has 2 aromatic rings. The van der Waals surface area contributed by atoms with Crippen molar-refractivity contribution in [2.45, 2.75) is 6.54 Å². The Balaban J connectivity index is 2.24. The molecule has 0 heterocycles. The first-order valence-electron chi connectivity index (χ1n) is 5.60. The topological polar surface area (TPSA) is 55.2 Å². The fourth-order valence-corrected chi connectivity index (χ4v) is 1.69. The Kier molecular flexibility index (Phi) is 3.88. The van der Waals surface area contributed by atoms with Crippen LogP contribution < -0.4 is 5.32 Å². The molecule has 0 amide bonds. The summed E-state index contributed by atoms with van der Waals surface area (Å²) in [5.74, 6) is -2.67. The van der Waals surface area contributed by atoms with E-state index >= 15 is 0 Å². The van der Waals surface area contributed by atoms with Crippen molar-refractivity contribution in [3.05, 3.63) is 69.5 Å². The standard InChI is InChI=1S/C13H9F3N2O2/c14-9-4-2-5-10(15)13(9)17-7-8-3-1-6-11(12(8)16)18(19)20/h1-6,17H,7H2. The Bertz CT molecular complexity index is 642. The van der Waals surface area contributed by atoms with E-state index in [0.717, 1.165) is 18.2 Å². The predicted molar refractivity (Wildman–Crippen MR) is 66.7 cm³/mol. The minimum atomic E-state index is -1.03. The third-order valence-electron chi connectivity index (χ3n) is 2.67. The molecule has 0 bridgehead atoms. The minimum absolute atomic E-state index is 0.0538. The smallest absolute Gasteiger partial charge is 0.305 e. The van der Waals surface area contributed by atoms with Crippen molar-refractivity contribution in [3.63, 3.8) is 0 Å². The first kappa shape index (κ1) is 13.9. The van der Waals surface area contributed by atoms with Crippen LogP contribution in [0.1, 0.15) is 5.56 Å². The number of nitro groups is 1. The summed E-state index contributed by atoms with van der Waals surface area (Å²) in [5.41, 5.74) is -1.14. The molecule has 0 aliphatic heterocycles. The summed E-state index contributed by atoms with van der Waals surface area (Å²) in [6, 6.07) is 6.92. The van der Waals surface area contributed by atoms with E-state index in [-0.39, 0.29) is 12.1 Å². The highest BCUT2D eigenvalue weighted by Crippen LogP contribution is 2.23. The zero-order valence-electron chi connectivity index (χ0n) is 10.1. The number of rotatable bonds is 4. The fraction of sp³-hybridized carbons (Fsp3) is 0.0769. The van der Waals surface area contributed by atoms with E-state index in [9.17, 15) is 23.3 Å². The summed E-state index contributed by atoms with van der Waals surface area (Å²) in [6.45, 7) is -0.272. The fourth-order valence-electron chi connectivity index (χ4n) is 1.69. The van der Waals surface area contributed by atoms with Gasteiger partial charge in [0.05, 0.1) is 4.92 Å². The molecule has 1 N–H and O–H groups in total. The van der Waals surface area contributed by atoms with Crippen LogP contribution in [0, 0.1) is 27.6 Å². The Morgan fingerprint density at radius 2 is 1.65 bits per heavy atom. The van der Waals surface area contributed by atoms with E-state index in [1.165, 1.54) is 18.2 Å². The molecule has 0 aliphatic carbocycles. The number of benzene rings is 2. The van der Waals surface area contributed by atoms with Crippen LogP contribution in [-0.2, 0) is 6.54 Å². The minimum Gasteiger partial charge on any atom is -0.376 e. The molecule has 0 saturated carbocycles. The van der Waals surface area contributed by atoms with E-state index < -0.39 is 33.7 Å². The monoisotopic (exact) mass is 282 g/mol. The molecule has 104 valence electrons. The van der Waals surface area contributed by atoms with Crippen molar-refractivity contribution in [2.24, 2.45) is 0 Å². The molecule has 0 unspecified atom stereocenters. The molecule has 4 nitrogen and oxygen atoms in total. The SMILES string of the molecule is O=[N+]([O-])c1cccc(CNc2c(F)cccc2F)c1F. The van der Waals surface area contributed by atoms with E-state index in [1.807, 2.05) is 0 Å². The van der Waals surface area contributed by atoms with Gasteiger partial charge in [0.2, 0.25) is 5.82 Å². The van der Waals surface area contributed by atoms with Gasteiger partial charge in [-0.3, -0.25) is 10.1 Å². The molecule has 2 rings (SSSR count). The number of para-hydroxylation sites is 1. The second kappa shape index (κ2) is 5.60. The van der Waals surface area contributed by atoms with Crippen LogP contribution >= 0.6 is 0 Å². The molecule has 0 spiro atoms. The van der Waals surface area contributed by atoms with Crippen LogP contribution in [0.25, 0.3) is 0 Å². The van der Waals surface area contributed by atoms with Crippen LogP contribution in [0.15, 0.2) is 36.4 Å². The van der Waals surface area contributed by atoms with Gasteiger partial charge in [0.1, 0.15) is 17.3 Å². The molecule has 0 aromatic heterocycles. The van der Waals surface area contributed by atoms with Crippen molar-refractivity contribution in [3.8, 4) is 0 Å². The van der Waals surface area contributed by atoms with Gasteiger partial charge in [-0.1, -0.05) is 18.2 Å². The maximum atomic E-state index is 13.8. The zero-order valence-corrected chi connectivity index (χ0v) is 10.1. The molecule has 2 aromatic carbocycles. The molecule has 0 aliphatic rings. The molecular formula is C13H9F3N2O2. The number of hydrogen-bond acceptors (Lipinski definition) is 3. The van der Waals surface area contributed by atoms with Crippen LogP contribution in [0.2, 0.25) is 0 Å². The van der Waals surface area contributed by atoms with Gasteiger partial charge >= 0.3 is 5.69 Å². The molecule has 0 saturated heterocycles. The van der Waals surface area contributed by atoms with Crippen molar-refractivity contribution < 1.29 is 18.1 Å². The number of halogens is 3. The number of nitro benzene ring substituents is 1.